The smallest absolute Gasteiger partial charge is 0.416 e. The lowest BCUT2D eigenvalue weighted by atomic mass is 9.93. The molecule has 4 rings (SSSR count). The van der Waals surface area contributed by atoms with Crippen LogP contribution < -0.4 is 14.4 Å². The van der Waals surface area contributed by atoms with Crippen LogP contribution in [0, 0.1) is 0 Å². The van der Waals surface area contributed by atoms with Gasteiger partial charge in [-0.05, 0) is 37.5 Å². The second-order valence-corrected chi connectivity index (χ2v) is 7.04. The molecule has 2 aliphatic rings. The summed E-state index contributed by atoms with van der Waals surface area (Å²) >= 11 is 0. The first-order valence-electron chi connectivity index (χ1n) is 9.08. The van der Waals surface area contributed by atoms with Crippen molar-refractivity contribution in [2.24, 2.45) is 0 Å². The van der Waals surface area contributed by atoms with Gasteiger partial charge in [0.05, 0.1) is 24.2 Å². The first-order valence-corrected chi connectivity index (χ1v) is 9.08. The molecule has 0 aromatic heterocycles. The number of fused-ring (bicyclic) bond motifs is 1. The maximum absolute atomic E-state index is 12.9. The van der Waals surface area contributed by atoms with Crippen LogP contribution in [0.5, 0.6) is 17.2 Å². The molecule has 1 saturated heterocycles. The summed E-state index contributed by atoms with van der Waals surface area (Å²) in [6.45, 7) is 1.90. The normalized spacial score (nSPS) is 18.5. The SMILES string of the molecule is Oc1cc2c(cc1[C@@H](c1ccc(C(F)(F)F)cc1)[NH+]1CCCCC1)OCO2. The zero-order valence-electron chi connectivity index (χ0n) is 14.7. The van der Waals surface area contributed by atoms with Crippen LogP contribution in [0.1, 0.15) is 42.0 Å². The highest BCUT2D eigenvalue weighted by atomic mass is 19.4. The zero-order valence-corrected chi connectivity index (χ0v) is 14.7. The minimum atomic E-state index is -4.37. The van der Waals surface area contributed by atoms with Gasteiger partial charge in [-0.2, -0.15) is 13.2 Å². The van der Waals surface area contributed by atoms with Crippen molar-refractivity contribution < 1.29 is 32.7 Å². The van der Waals surface area contributed by atoms with Gasteiger partial charge in [0.15, 0.2) is 11.5 Å². The number of alkyl halides is 3. The summed E-state index contributed by atoms with van der Waals surface area (Å²) in [5.41, 5.74) is 0.721. The number of halogens is 3. The summed E-state index contributed by atoms with van der Waals surface area (Å²) < 4.78 is 49.6. The number of phenolic OH excluding ortho intramolecular Hbond substituents is 1. The Morgan fingerprint density at radius 3 is 2.19 bits per heavy atom. The van der Waals surface area contributed by atoms with Crippen LogP contribution in [0.25, 0.3) is 0 Å². The highest BCUT2D eigenvalue weighted by Crippen LogP contribution is 2.41. The minimum Gasteiger partial charge on any atom is -0.507 e. The second-order valence-electron chi connectivity index (χ2n) is 7.04. The van der Waals surface area contributed by atoms with E-state index < -0.39 is 11.7 Å². The summed E-state index contributed by atoms with van der Waals surface area (Å²) in [6.07, 6.45) is -1.11. The van der Waals surface area contributed by atoms with E-state index in [0.29, 0.717) is 17.1 Å². The third kappa shape index (κ3) is 3.56. The van der Waals surface area contributed by atoms with E-state index in [4.69, 9.17) is 9.47 Å². The van der Waals surface area contributed by atoms with Crippen LogP contribution in [0.2, 0.25) is 0 Å². The number of aromatic hydroxyl groups is 1. The fourth-order valence-electron chi connectivity index (χ4n) is 3.97. The molecule has 1 atom stereocenters. The molecule has 144 valence electrons. The Labute approximate surface area is 155 Å². The Morgan fingerprint density at radius 1 is 0.926 bits per heavy atom. The maximum atomic E-state index is 12.9. The quantitative estimate of drug-likeness (QED) is 0.859. The van der Waals surface area contributed by atoms with E-state index in [1.807, 2.05) is 0 Å². The van der Waals surface area contributed by atoms with Gasteiger partial charge in [0.1, 0.15) is 11.8 Å². The number of rotatable bonds is 3. The van der Waals surface area contributed by atoms with Crippen LogP contribution >= 0.6 is 0 Å². The van der Waals surface area contributed by atoms with Crippen LogP contribution in [0.3, 0.4) is 0 Å². The summed E-state index contributed by atoms with van der Waals surface area (Å²) in [7, 11) is 0. The molecule has 7 heteroatoms. The number of benzene rings is 2. The lowest BCUT2D eigenvalue weighted by molar-refractivity contribution is -0.930. The molecule has 0 spiro atoms. The van der Waals surface area contributed by atoms with E-state index in [1.165, 1.54) is 23.1 Å². The topological polar surface area (TPSA) is 43.1 Å². The van der Waals surface area contributed by atoms with Crippen molar-refractivity contribution in [3.63, 3.8) is 0 Å². The van der Waals surface area contributed by atoms with Gasteiger partial charge >= 0.3 is 6.18 Å². The summed E-state index contributed by atoms with van der Waals surface area (Å²) in [6, 6.07) is 8.26. The molecule has 0 saturated carbocycles. The molecule has 0 unspecified atom stereocenters. The van der Waals surface area contributed by atoms with Crippen molar-refractivity contribution in [1.82, 2.24) is 0 Å². The largest absolute Gasteiger partial charge is 0.507 e. The van der Waals surface area contributed by atoms with E-state index in [0.717, 1.165) is 50.0 Å². The number of nitrogens with one attached hydrogen (secondary N) is 1. The predicted molar refractivity (Wildman–Crippen MR) is 92.1 cm³/mol. The second kappa shape index (κ2) is 6.96. The van der Waals surface area contributed by atoms with Gasteiger partial charge in [-0.3, -0.25) is 0 Å². The Kier molecular flexibility index (Phi) is 4.63. The maximum Gasteiger partial charge on any atom is 0.416 e. The van der Waals surface area contributed by atoms with Crippen molar-refractivity contribution in [1.29, 1.82) is 0 Å². The van der Waals surface area contributed by atoms with Crippen LogP contribution in [-0.4, -0.2) is 25.0 Å². The van der Waals surface area contributed by atoms with Gasteiger partial charge in [0.2, 0.25) is 6.79 Å². The Hall–Kier alpha value is -2.41. The van der Waals surface area contributed by atoms with E-state index in [9.17, 15) is 18.3 Å². The van der Waals surface area contributed by atoms with Crippen molar-refractivity contribution >= 4 is 0 Å². The first-order chi connectivity index (χ1) is 12.9. The third-order valence-electron chi connectivity index (χ3n) is 5.31. The van der Waals surface area contributed by atoms with E-state index in [2.05, 4.69) is 0 Å². The number of phenols is 1. The third-order valence-corrected chi connectivity index (χ3v) is 5.31. The van der Waals surface area contributed by atoms with Crippen molar-refractivity contribution in [2.75, 3.05) is 19.9 Å². The molecule has 27 heavy (non-hydrogen) atoms. The lowest BCUT2D eigenvalue weighted by Crippen LogP contribution is -3.13. The molecule has 2 N–H and O–H groups in total. The highest BCUT2D eigenvalue weighted by Gasteiger charge is 2.34. The van der Waals surface area contributed by atoms with Gasteiger partial charge < -0.3 is 19.5 Å². The van der Waals surface area contributed by atoms with Crippen molar-refractivity contribution in [2.45, 2.75) is 31.5 Å². The molecule has 2 heterocycles. The molecule has 0 amide bonds. The van der Waals surface area contributed by atoms with E-state index in [1.54, 1.807) is 6.07 Å². The van der Waals surface area contributed by atoms with Crippen molar-refractivity contribution in [3.8, 4) is 17.2 Å². The van der Waals surface area contributed by atoms with Gasteiger partial charge in [0.25, 0.3) is 0 Å². The number of likely N-dealkylation sites (tertiary alicyclic amines) is 1. The number of hydrogen-bond donors (Lipinski definition) is 2. The Morgan fingerprint density at radius 2 is 1.56 bits per heavy atom. The van der Waals surface area contributed by atoms with Crippen LogP contribution in [0.4, 0.5) is 13.2 Å². The average Bonchev–Trinajstić information content (AvgIpc) is 3.10. The molecule has 0 bridgehead atoms. The summed E-state index contributed by atoms with van der Waals surface area (Å²) in [5, 5.41) is 10.6. The van der Waals surface area contributed by atoms with E-state index in [-0.39, 0.29) is 18.6 Å². The van der Waals surface area contributed by atoms with Gasteiger partial charge in [-0.15, -0.1) is 0 Å². The fourth-order valence-corrected chi connectivity index (χ4v) is 3.97. The highest BCUT2D eigenvalue weighted by molar-refractivity contribution is 5.53. The first kappa shape index (κ1) is 18.0. The molecule has 2 aromatic carbocycles. The Balaban J connectivity index is 1.76. The summed E-state index contributed by atoms with van der Waals surface area (Å²) in [5.74, 6) is 1.11. The fraction of sp³-hybridized carbons (Fsp3) is 0.400. The molecule has 4 nitrogen and oxygen atoms in total. The minimum absolute atomic E-state index is 0.0715. The molecule has 2 aliphatic heterocycles. The van der Waals surface area contributed by atoms with Gasteiger partial charge in [-0.25, -0.2) is 0 Å². The number of piperidine rings is 1. The molecule has 2 aromatic rings. The van der Waals surface area contributed by atoms with Gasteiger partial charge in [-0.1, -0.05) is 12.1 Å². The zero-order chi connectivity index (χ0) is 19.0. The average molecular weight is 380 g/mol. The Bertz CT molecular complexity index is 814. The molecule has 1 fully saturated rings. The predicted octanol–water partition coefficient (Wildman–Crippen LogP) is 3.30. The van der Waals surface area contributed by atoms with Crippen LogP contribution in [0.15, 0.2) is 36.4 Å². The standard InChI is InChI=1S/C20H20F3NO3/c21-20(22,23)14-6-4-13(5-7-14)19(24-8-2-1-3-9-24)15-10-17-18(11-16(15)25)27-12-26-17/h4-7,10-11,19,25H,1-3,8-9,12H2/p+1/t19-/m1/s1. The number of ether oxygens (including phenoxy) is 2. The van der Waals surface area contributed by atoms with E-state index >= 15 is 0 Å². The number of quaternary nitrogens is 1. The lowest BCUT2D eigenvalue weighted by Gasteiger charge is -2.32. The molecular formula is C20H21F3NO3+. The van der Waals surface area contributed by atoms with Crippen molar-refractivity contribution in [3.05, 3.63) is 53.1 Å². The summed E-state index contributed by atoms with van der Waals surface area (Å²) in [4.78, 5) is 1.23. The number of hydrogen-bond acceptors (Lipinski definition) is 3. The molecule has 0 radical (unpaired) electrons. The van der Waals surface area contributed by atoms with Gasteiger partial charge in [0, 0.05) is 11.6 Å². The van der Waals surface area contributed by atoms with Crippen LogP contribution in [-0.2, 0) is 6.18 Å². The molecule has 0 aliphatic carbocycles. The molecular weight excluding hydrogens is 359 g/mol. The monoisotopic (exact) mass is 380 g/mol.